The van der Waals surface area contributed by atoms with Crippen molar-refractivity contribution in [3.63, 3.8) is 0 Å². The summed E-state index contributed by atoms with van der Waals surface area (Å²) in [4.78, 5) is 15.2. The van der Waals surface area contributed by atoms with Crippen LogP contribution in [-0.2, 0) is 4.79 Å². The van der Waals surface area contributed by atoms with Gasteiger partial charge in [-0.2, -0.15) is 0 Å². The molecule has 106 valence electrons. The van der Waals surface area contributed by atoms with Crippen LogP contribution in [0.5, 0.6) is 0 Å². The number of nitrogens with two attached hydrogens (primary N) is 1. The van der Waals surface area contributed by atoms with Gasteiger partial charge in [0.2, 0.25) is 5.91 Å². The van der Waals surface area contributed by atoms with E-state index in [0.29, 0.717) is 5.75 Å². The molecule has 3 nitrogen and oxygen atoms in total. The standard InChI is InChI=1S/C14H20N2OS.ClH/c1-11-4-2-3-5-13(11)18-10-14(17)16-8-6-12(15)7-9-16;/h2-5,12H,6-10,15H2,1H3;1H. The Morgan fingerprint density at radius 3 is 2.63 bits per heavy atom. The van der Waals surface area contributed by atoms with E-state index in [1.807, 2.05) is 17.0 Å². The quantitative estimate of drug-likeness (QED) is 0.872. The molecule has 0 radical (unpaired) electrons. The van der Waals surface area contributed by atoms with E-state index in [0.717, 1.165) is 25.9 Å². The molecule has 1 aliphatic rings. The van der Waals surface area contributed by atoms with Crippen LogP contribution in [0.1, 0.15) is 18.4 Å². The molecule has 2 N–H and O–H groups in total. The van der Waals surface area contributed by atoms with Gasteiger partial charge in [0.1, 0.15) is 0 Å². The summed E-state index contributed by atoms with van der Waals surface area (Å²) in [6.07, 6.45) is 1.86. The largest absolute Gasteiger partial charge is 0.342 e. The smallest absolute Gasteiger partial charge is 0.232 e. The van der Waals surface area contributed by atoms with Gasteiger partial charge < -0.3 is 10.6 Å². The van der Waals surface area contributed by atoms with Gasteiger partial charge >= 0.3 is 0 Å². The number of halogens is 1. The fraction of sp³-hybridized carbons (Fsp3) is 0.500. The van der Waals surface area contributed by atoms with Crippen LogP contribution in [0.25, 0.3) is 0 Å². The van der Waals surface area contributed by atoms with Crippen molar-refractivity contribution in [3.05, 3.63) is 29.8 Å². The lowest BCUT2D eigenvalue weighted by Crippen LogP contribution is -2.43. The number of carbonyl (C=O) groups is 1. The highest BCUT2D eigenvalue weighted by Crippen LogP contribution is 2.22. The van der Waals surface area contributed by atoms with Gasteiger partial charge in [-0.15, -0.1) is 24.2 Å². The van der Waals surface area contributed by atoms with Crippen molar-refractivity contribution in [1.82, 2.24) is 4.90 Å². The number of benzene rings is 1. The first-order chi connectivity index (χ1) is 8.66. The molecular formula is C14H21ClN2OS. The number of amides is 1. The predicted molar refractivity (Wildman–Crippen MR) is 82.9 cm³/mol. The number of hydrogen-bond acceptors (Lipinski definition) is 3. The highest BCUT2D eigenvalue weighted by atomic mass is 35.5. The maximum atomic E-state index is 12.1. The normalized spacial score (nSPS) is 16.0. The second kappa shape index (κ2) is 7.78. The van der Waals surface area contributed by atoms with E-state index in [-0.39, 0.29) is 24.4 Å². The number of nitrogens with zero attached hydrogens (tertiary/aromatic N) is 1. The number of hydrogen-bond donors (Lipinski definition) is 1. The second-order valence-electron chi connectivity index (χ2n) is 4.77. The molecule has 1 heterocycles. The molecule has 0 bridgehead atoms. The number of thioether (sulfide) groups is 1. The van der Waals surface area contributed by atoms with Crippen molar-refractivity contribution in [2.45, 2.75) is 30.7 Å². The average molecular weight is 301 g/mol. The van der Waals surface area contributed by atoms with Crippen molar-refractivity contribution in [2.75, 3.05) is 18.8 Å². The van der Waals surface area contributed by atoms with Gasteiger partial charge in [0, 0.05) is 24.0 Å². The van der Waals surface area contributed by atoms with E-state index in [1.165, 1.54) is 10.5 Å². The van der Waals surface area contributed by atoms with Crippen LogP contribution in [0.4, 0.5) is 0 Å². The second-order valence-corrected chi connectivity index (χ2v) is 5.79. The van der Waals surface area contributed by atoms with Crippen LogP contribution in [0, 0.1) is 6.92 Å². The fourth-order valence-electron chi connectivity index (χ4n) is 2.10. The van der Waals surface area contributed by atoms with Gasteiger partial charge in [-0.25, -0.2) is 0 Å². The third-order valence-corrected chi connectivity index (χ3v) is 4.50. The third-order valence-electron chi connectivity index (χ3n) is 3.34. The number of aryl methyl sites for hydroxylation is 1. The van der Waals surface area contributed by atoms with Gasteiger partial charge in [-0.1, -0.05) is 18.2 Å². The first-order valence-corrected chi connectivity index (χ1v) is 7.37. The summed E-state index contributed by atoms with van der Waals surface area (Å²) in [6, 6.07) is 8.46. The minimum absolute atomic E-state index is 0. The van der Waals surface area contributed by atoms with E-state index >= 15 is 0 Å². The molecule has 0 aliphatic carbocycles. The molecule has 1 fully saturated rings. The monoisotopic (exact) mass is 300 g/mol. The highest BCUT2D eigenvalue weighted by Gasteiger charge is 2.20. The Hall–Kier alpha value is -0.710. The number of piperidine rings is 1. The van der Waals surface area contributed by atoms with Gasteiger partial charge in [0.05, 0.1) is 5.75 Å². The minimum Gasteiger partial charge on any atom is -0.342 e. The maximum Gasteiger partial charge on any atom is 0.232 e. The molecule has 5 heteroatoms. The Bertz CT molecular complexity index is 420. The number of carbonyl (C=O) groups excluding carboxylic acids is 1. The van der Waals surface area contributed by atoms with Crippen molar-refractivity contribution < 1.29 is 4.79 Å². The summed E-state index contributed by atoms with van der Waals surface area (Å²) in [5.41, 5.74) is 7.07. The molecule has 2 rings (SSSR count). The molecule has 1 aromatic carbocycles. The highest BCUT2D eigenvalue weighted by molar-refractivity contribution is 8.00. The van der Waals surface area contributed by atoms with E-state index in [4.69, 9.17) is 5.73 Å². The third kappa shape index (κ3) is 4.71. The fourth-order valence-corrected chi connectivity index (χ4v) is 3.03. The summed E-state index contributed by atoms with van der Waals surface area (Å²) < 4.78 is 0. The Morgan fingerprint density at radius 2 is 2.00 bits per heavy atom. The van der Waals surface area contributed by atoms with E-state index in [1.54, 1.807) is 11.8 Å². The van der Waals surface area contributed by atoms with Crippen molar-refractivity contribution >= 4 is 30.1 Å². The summed E-state index contributed by atoms with van der Waals surface area (Å²) in [6.45, 7) is 3.70. The minimum atomic E-state index is 0. The lowest BCUT2D eigenvalue weighted by Gasteiger charge is -2.30. The predicted octanol–water partition coefficient (Wildman–Crippen LogP) is 2.46. The molecule has 19 heavy (non-hydrogen) atoms. The Balaban J connectivity index is 0.00000180. The van der Waals surface area contributed by atoms with E-state index < -0.39 is 0 Å². The maximum absolute atomic E-state index is 12.1. The van der Waals surface area contributed by atoms with Crippen LogP contribution in [-0.4, -0.2) is 35.7 Å². The lowest BCUT2D eigenvalue weighted by atomic mass is 10.1. The first-order valence-electron chi connectivity index (χ1n) is 6.38. The Kier molecular flexibility index (Phi) is 6.69. The first kappa shape index (κ1) is 16.3. The van der Waals surface area contributed by atoms with Gasteiger partial charge in [-0.05, 0) is 31.4 Å². The lowest BCUT2D eigenvalue weighted by molar-refractivity contribution is -0.129. The zero-order valence-electron chi connectivity index (χ0n) is 11.2. The van der Waals surface area contributed by atoms with Gasteiger partial charge in [-0.3, -0.25) is 4.79 Å². The molecule has 1 aromatic rings. The summed E-state index contributed by atoms with van der Waals surface area (Å²) in [5, 5.41) is 0. The number of likely N-dealkylation sites (tertiary alicyclic amines) is 1. The van der Waals surface area contributed by atoms with Gasteiger partial charge in [0.15, 0.2) is 0 Å². The van der Waals surface area contributed by atoms with Crippen LogP contribution in [0.15, 0.2) is 29.2 Å². The summed E-state index contributed by atoms with van der Waals surface area (Å²) in [7, 11) is 0. The van der Waals surface area contributed by atoms with Crippen molar-refractivity contribution in [1.29, 1.82) is 0 Å². The van der Waals surface area contributed by atoms with Crippen molar-refractivity contribution in [3.8, 4) is 0 Å². The molecule has 0 spiro atoms. The topological polar surface area (TPSA) is 46.3 Å². The molecule has 1 saturated heterocycles. The summed E-state index contributed by atoms with van der Waals surface area (Å²) in [5.74, 6) is 0.759. The van der Waals surface area contributed by atoms with Crippen LogP contribution in [0.2, 0.25) is 0 Å². The van der Waals surface area contributed by atoms with Crippen LogP contribution < -0.4 is 5.73 Å². The zero-order chi connectivity index (χ0) is 13.0. The molecular weight excluding hydrogens is 280 g/mol. The SMILES string of the molecule is Cc1ccccc1SCC(=O)N1CCC(N)CC1.Cl. The van der Waals surface area contributed by atoms with E-state index in [2.05, 4.69) is 19.1 Å². The van der Waals surface area contributed by atoms with Crippen molar-refractivity contribution in [2.24, 2.45) is 5.73 Å². The molecule has 1 aliphatic heterocycles. The molecule has 0 unspecified atom stereocenters. The Labute approximate surface area is 125 Å². The Morgan fingerprint density at radius 1 is 1.37 bits per heavy atom. The molecule has 0 saturated carbocycles. The van der Waals surface area contributed by atoms with Crippen LogP contribution >= 0.6 is 24.2 Å². The van der Waals surface area contributed by atoms with Gasteiger partial charge in [0.25, 0.3) is 0 Å². The molecule has 1 amide bonds. The average Bonchev–Trinajstić information content (AvgIpc) is 2.38. The number of rotatable bonds is 3. The summed E-state index contributed by atoms with van der Waals surface area (Å²) >= 11 is 1.63. The van der Waals surface area contributed by atoms with E-state index in [9.17, 15) is 4.79 Å². The zero-order valence-corrected chi connectivity index (χ0v) is 12.8. The molecule has 0 aromatic heterocycles. The molecule has 0 atom stereocenters. The van der Waals surface area contributed by atoms with Crippen LogP contribution in [0.3, 0.4) is 0 Å².